The van der Waals surface area contributed by atoms with Gasteiger partial charge in [-0.05, 0) is 67.1 Å². The number of nitrogens with two attached hydrogens (primary N) is 1. The van der Waals surface area contributed by atoms with Crippen LogP contribution in [0.25, 0.3) is 10.8 Å². The Balaban J connectivity index is 1.20. The highest BCUT2D eigenvalue weighted by atomic mass is 16.6. The van der Waals surface area contributed by atoms with Crippen LogP contribution in [-0.2, 0) is 42.7 Å². The lowest BCUT2D eigenvalue weighted by Gasteiger charge is -2.30. The molecule has 4 aromatic carbocycles. The minimum absolute atomic E-state index is 0.0477. The summed E-state index contributed by atoms with van der Waals surface area (Å²) in [5, 5.41) is 42.3. The summed E-state index contributed by atoms with van der Waals surface area (Å²) in [4.78, 5) is 82.0. The third kappa shape index (κ3) is 13.1. The van der Waals surface area contributed by atoms with Crippen LogP contribution in [0, 0.1) is 0 Å². The van der Waals surface area contributed by atoms with Crippen molar-refractivity contribution in [3.8, 4) is 0 Å². The van der Waals surface area contributed by atoms with Crippen molar-refractivity contribution in [1.29, 1.82) is 0 Å². The first-order valence-electron chi connectivity index (χ1n) is 21.6. The molecule has 1 aliphatic rings. The molecule has 5 atom stereocenters. The summed E-state index contributed by atoms with van der Waals surface area (Å²) in [6.07, 6.45) is -1.29. The molecule has 8 N–H and O–H groups in total. The molecule has 348 valence electrons. The Kier molecular flexibility index (Phi) is 16.4. The number of likely N-dealkylation sites (tertiary alicyclic amines) is 1. The van der Waals surface area contributed by atoms with Gasteiger partial charge in [-0.25, -0.2) is 14.3 Å². The number of carbonyl (C=O) groups excluding carboxylic acids is 6. The molecule has 6 amide bonds. The van der Waals surface area contributed by atoms with Gasteiger partial charge in [-0.1, -0.05) is 96.2 Å². The van der Waals surface area contributed by atoms with Crippen LogP contribution >= 0.6 is 0 Å². The number of nitrogens with one attached hydrogen (secondary N) is 4. The highest BCUT2D eigenvalue weighted by Crippen LogP contribution is 2.32. The van der Waals surface area contributed by atoms with Crippen LogP contribution in [0.1, 0.15) is 72.8 Å². The first kappa shape index (κ1) is 48.1. The Morgan fingerprint density at radius 1 is 0.818 bits per heavy atom. The summed E-state index contributed by atoms with van der Waals surface area (Å²) in [7, 11) is 0. The van der Waals surface area contributed by atoms with Gasteiger partial charge < -0.3 is 51.6 Å². The van der Waals surface area contributed by atoms with E-state index in [0.717, 1.165) is 21.9 Å². The summed E-state index contributed by atoms with van der Waals surface area (Å²) in [5.74, 6) is -3.27. The molecular weight excluding hydrogens is 851 g/mol. The maximum atomic E-state index is 14.9. The van der Waals surface area contributed by atoms with Gasteiger partial charge in [-0.2, -0.15) is 0 Å². The molecule has 0 bridgehead atoms. The smallest absolute Gasteiger partial charge is 0.407 e. The molecule has 19 nitrogen and oxygen atoms in total. The Morgan fingerprint density at radius 3 is 2.08 bits per heavy atom. The molecule has 0 aliphatic carbocycles. The first-order valence-corrected chi connectivity index (χ1v) is 21.6. The molecule has 0 spiro atoms. The average molecular weight is 906 g/mol. The fourth-order valence-corrected chi connectivity index (χ4v) is 7.61. The van der Waals surface area contributed by atoms with Crippen molar-refractivity contribution in [1.82, 2.24) is 41.2 Å². The first-order chi connectivity index (χ1) is 31.7. The third-order valence-corrected chi connectivity index (χ3v) is 11.1. The van der Waals surface area contributed by atoms with E-state index in [1.54, 1.807) is 42.5 Å². The van der Waals surface area contributed by atoms with Crippen molar-refractivity contribution in [3.05, 3.63) is 132 Å². The lowest BCUT2D eigenvalue weighted by atomic mass is 10.0. The molecule has 1 aromatic heterocycles. The van der Waals surface area contributed by atoms with Crippen molar-refractivity contribution in [3.63, 3.8) is 0 Å². The van der Waals surface area contributed by atoms with Crippen LogP contribution in [0.2, 0.25) is 0 Å². The zero-order chi connectivity index (χ0) is 47.2. The lowest BCUT2D eigenvalue weighted by molar-refractivity contribution is -0.141. The molecule has 5 aromatic rings. The van der Waals surface area contributed by atoms with Crippen LogP contribution in [0.5, 0.6) is 0 Å². The number of ether oxygens (including phenoxy) is 2. The minimum atomic E-state index is -1.82. The highest BCUT2D eigenvalue weighted by molar-refractivity contribution is 6.01. The third-order valence-electron chi connectivity index (χ3n) is 11.1. The summed E-state index contributed by atoms with van der Waals surface area (Å²) < 4.78 is 12.0. The topological polar surface area (TPSA) is 269 Å². The summed E-state index contributed by atoms with van der Waals surface area (Å²) in [5.41, 5.74) is 6.14. The number of aromatic nitrogens is 3. The number of hydrogen-bond acceptors (Lipinski definition) is 12. The number of rotatable bonds is 20. The molecule has 6 rings (SSSR count). The van der Waals surface area contributed by atoms with E-state index in [9.17, 15) is 39.0 Å². The maximum absolute atomic E-state index is 14.9. The largest absolute Gasteiger partial charge is 0.445 e. The standard InChI is InChI=1S/C47H55N9O10/c1-47(2,64)39-26-51-54-56(39)35-24-38(43(60)52-36(40(57)41(48)58)19-11-12-22-49-45(62)65-28-30-13-5-3-6-14-30)55(27-35)44(61)37(25-50-46(63)66-29-31-15-7-4-8-16-31)53-42(59)34-21-20-32-17-9-10-18-33(32)23-34/h3-10,13-18,20-21,23,26,35-38,40,57,64H,11-12,19,22,24-25,27-29H2,1-2H3,(H2,48,58)(H,49,62)(H,50,63)(H,52,60)(H,53,59)/t35-,36?,37+,38-,40?/m0/s1. The van der Waals surface area contributed by atoms with Gasteiger partial charge in [-0.15, -0.1) is 5.10 Å². The van der Waals surface area contributed by atoms with Gasteiger partial charge in [0, 0.05) is 25.1 Å². The fraction of sp³-hybridized carbons (Fsp3) is 0.362. The maximum Gasteiger partial charge on any atom is 0.407 e. The second kappa shape index (κ2) is 22.5. The summed E-state index contributed by atoms with van der Waals surface area (Å²) in [6.45, 7) is 2.65. The van der Waals surface area contributed by atoms with Crippen molar-refractivity contribution in [2.75, 3.05) is 19.6 Å². The van der Waals surface area contributed by atoms with Gasteiger partial charge in [0.15, 0.2) is 6.10 Å². The zero-order valence-corrected chi connectivity index (χ0v) is 36.7. The molecule has 1 fully saturated rings. The minimum Gasteiger partial charge on any atom is -0.445 e. The number of aliphatic hydroxyl groups excluding tert-OH is 1. The Bertz CT molecular complexity index is 2460. The van der Waals surface area contributed by atoms with Crippen LogP contribution in [-0.4, -0.2) is 110 Å². The second-order valence-electron chi connectivity index (χ2n) is 16.5. The van der Waals surface area contributed by atoms with Crippen LogP contribution in [0.3, 0.4) is 0 Å². The van der Waals surface area contributed by atoms with Crippen LogP contribution in [0.4, 0.5) is 9.59 Å². The van der Waals surface area contributed by atoms with Crippen LogP contribution in [0.15, 0.2) is 109 Å². The quantitative estimate of drug-likeness (QED) is 0.0556. The van der Waals surface area contributed by atoms with E-state index < -0.39 is 78.2 Å². The van der Waals surface area contributed by atoms with E-state index >= 15 is 0 Å². The molecule has 2 heterocycles. The van der Waals surface area contributed by atoms with E-state index in [-0.39, 0.29) is 44.7 Å². The fourth-order valence-electron chi connectivity index (χ4n) is 7.61. The molecule has 2 unspecified atom stereocenters. The van der Waals surface area contributed by atoms with Gasteiger partial charge >= 0.3 is 12.2 Å². The van der Waals surface area contributed by atoms with E-state index in [0.29, 0.717) is 18.5 Å². The number of hydrogen-bond donors (Lipinski definition) is 7. The van der Waals surface area contributed by atoms with Crippen molar-refractivity contribution >= 4 is 46.6 Å². The molecule has 19 heteroatoms. The van der Waals surface area contributed by atoms with Gasteiger partial charge in [0.1, 0.15) is 30.9 Å². The van der Waals surface area contributed by atoms with Gasteiger partial charge in [0.2, 0.25) is 17.7 Å². The summed E-state index contributed by atoms with van der Waals surface area (Å²) >= 11 is 0. The number of alkyl carbamates (subject to hydrolysis) is 2. The predicted molar refractivity (Wildman–Crippen MR) is 240 cm³/mol. The van der Waals surface area contributed by atoms with Gasteiger partial charge in [-0.3, -0.25) is 19.2 Å². The Labute approximate surface area is 381 Å². The highest BCUT2D eigenvalue weighted by Gasteiger charge is 2.45. The lowest BCUT2D eigenvalue weighted by Crippen LogP contribution is -2.58. The monoisotopic (exact) mass is 905 g/mol. The predicted octanol–water partition coefficient (Wildman–Crippen LogP) is 2.95. The van der Waals surface area contributed by atoms with E-state index in [4.69, 9.17) is 15.2 Å². The van der Waals surface area contributed by atoms with Gasteiger partial charge in [0.05, 0.1) is 30.5 Å². The van der Waals surface area contributed by atoms with Gasteiger partial charge in [0.25, 0.3) is 5.91 Å². The Hall–Kier alpha value is -7.38. The van der Waals surface area contributed by atoms with Crippen molar-refractivity contribution < 1.29 is 48.5 Å². The Morgan fingerprint density at radius 2 is 1.44 bits per heavy atom. The number of benzene rings is 4. The number of amides is 6. The molecular formula is C47H55N9O10. The molecule has 0 saturated carbocycles. The number of carbonyl (C=O) groups is 6. The number of primary amides is 1. The molecule has 1 saturated heterocycles. The average Bonchev–Trinajstić information content (AvgIpc) is 4.00. The number of fused-ring (bicyclic) bond motifs is 1. The second-order valence-corrected chi connectivity index (χ2v) is 16.5. The zero-order valence-electron chi connectivity index (χ0n) is 36.7. The molecule has 0 radical (unpaired) electrons. The van der Waals surface area contributed by atoms with E-state index in [1.165, 1.54) is 29.6 Å². The number of nitrogens with zero attached hydrogens (tertiary/aromatic N) is 4. The van der Waals surface area contributed by atoms with E-state index in [2.05, 4.69) is 31.6 Å². The summed E-state index contributed by atoms with van der Waals surface area (Å²) in [6, 6.07) is 25.8. The number of aliphatic hydroxyl groups is 2. The molecule has 66 heavy (non-hydrogen) atoms. The molecule has 1 aliphatic heterocycles. The SMILES string of the molecule is CC(C)(O)c1cnnn1[C@H]1C[C@@H](C(=O)NC(CCCCNC(=O)OCc2ccccc2)C(O)C(N)=O)N(C(=O)[C@@H](CNC(=O)OCc2ccccc2)NC(=O)c2ccc3ccccc3c2)C1. The van der Waals surface area contributed by atoms with Crippen molar-refractivity contribution in [2.24, 2.45) is 5.73 Å². The normalized spacial score (nSPS) is 16.1. The number of unbranched alkanes of at least 4 members (excludes halogenated alkanes) is 1. The van der Waals surface area contributed by atoms with Crippen molar-refractivity contribution in [2.45, 2.75) is 88.6 Å². The van der Waals surface area contributed by atoms with Crippen LogP contribution < -0.4 is 27.0 Å². The van der Waals surface area contributed by atoms with E-state index in [1.807, 2.05) is 60.7 Å².